The maximum atomic E-state index is 11.2. The molecule has 0 aliphatic carbocycles. The number of benzene rings is 1. The lowest BCUT2D eigenvalue weighted by molar-refractivity contribution is -0.383. The Kier molecular flexibility index (Phi) is 4.24. The highest BCUT2D eigenvalue weighted by molar-refractivity contribution is 9.10. The van der Waals surface area contributed by atoms with Crippen LogP contribution in [0.15, 0.2) is 41.0 Å². The number of aromatic nitrogens is 3. The number of halogens is 1. The Morgan fingerprint density at radius 1 is 1.30 bits per heavy atom. The molecule has 2 heterocycles. The fraction of sp³-hybridized carbons (Fsp3) is 0.200. The number of nitro groups is 1. The van der Waals surface area contributed by atoms with Gasteiger partial charge in [0.05, 0.1) is 29.3 Å². The molecule has 23 heavy (non-hydrogen) atoms. The molecule has 3 rings (SSSR count). The van der Waals surface area contributed by atoms with Gasteiger partial charge >= 0.3 is 0 Å². The molecule has 7 nitrogen and oxygen atoms in total. The molecule has 0 aliphatic rings. The van der Waals surface area contributed by atoms with Crippen LogP contribution in [0, 0.1) is 10.1 Å². The molecule has 3 aromatic rings. The zero-order valence-corrected chi connectivity index (χ0v) is 13.9. The zero-order chi connectivity index (χ0) is 16.4. The van der Waals surface area contributed by atoms with Crippen molar-refractivity contribution in [1.82, 2.24) is 14.8 Å². The van der Waals surface area contributed by atoms with Crippen LogP contribution in [0.3, 0.4) is 0 Å². The smallest absolute Gasteiger partial charge is 0.281 e. The van der Waals surface area contributed by atoms with Gasteiger partial charge in [-0.3, -0.25) is 14.8 Å². The van der Waals surface area contributed by atoms with Gasteiger partial charge in [-0.1, -0.05) is 12.1 Å². The Balaban J connectivity index is 2.03. The molecular formula is C15H13BrN4O3. The quantitative estimate of drug-likeness (QED) is 0.502. The van der Waals surface area contributed by atoms with Gasteiger partial charge in [0.1, 0.15) is 9.99 Å². The number of hydrogen-bond donors (Lipinski definition) is 0. The van der Waals surface area contributed by atoms with Crippen LogP contribution in [0.25, 0.3) is 10.9 Å². The number of hydrogen-bond acceptors (Lipinski definition) is 5. The third-order valence-electron chi connectivity index (χ3n) is 3.30. The average Bonchev–Trinajstić information content (AvgIpc) is 2.84. The lowest BCUT2D eigenvalue weighted by Crippen LogP contribution is -2.05. The molecule has 1 aromatic carbocycles. The summed E-state index contributed by atoms with van der Waals surface area (Å²) < 4.78 is 7.52. The van der Waals surface area contributed by atoms with E-state index < -0.39 is 4.92 Å². The first-order valence-corrected chi connectivity index (χ1v) is 7.77. The molecule has 0 N–H and O–H groups in total. The maximum absolute atomic E-state index is 11.2. The standard InChI is InChI=1S/C15H13BrN4O3/c1-2-23-13-8-3-5-10(17-13)9-19-11-6-4-7-12(20(21)22)14(11)15(16)18-19/h3-8H,2,9H2,1H3. The summed E-state index contributed by atoms with van der Waals surface area (Å²) in [6.07, 6.45) is 0. The second kappa shape index (κ2) is 6.33. The van der Waals surface area contributed by atoms with E-state index in [0.717, 1.165) is 5.69 Å². The van der Waals surface area contributed by atoms with Crippen molar-refractivity contribution in [2.45, 2.75) is 13.5 Å². The van der Waals surface area contributed by atoms with Gasteiger partial charge in [0.2, 0.25) is 5.88 Å². The molecule has 2 aromatic heterocycles. The molecular weight excluding hydrogens is 364 g/mol. The summed E-state index contributed by atoms with van der Waals surface area (Å²) in [6, 6.07) is 10.4. The van der Waals surface area contributed by atoms with Crippen LogP contribution < -0.4 is 4.74 Å². The molecule has 0 fully saturated rings. The fourth-order valence-electron chi connectivity index (χ4n) is 2.36. The molecule has 0 unspecified atom stereocenters. The molecule has 0 saturated carbocycles. The van der Waals surface area contributed by atoms with E-state index in [0.29, 0.717) is 34.5 Å². The van der Waals surface area contributed by atoms with Gasteiger partial charge in [0.25, 0.3) is 5.69 Å². The molecule has 0 atom stereocenters. The van der Waals surface area contributed by atoms with Crippen molar-refractivity contribution in [1.29, 1.82) is 0 Å². The van der Waals surface area contributed by atoms with E-state index in [-0.39, 0.29) is 5.69 Å². The number of fused-ring (bicyclic) bond motifs is 1. The van der Waals surface area contributed by atoms with Gasteiger partial charge in [0, 0.05) is 12.1 Å². The minimum absolute atomic E-state index is 0.0247. The zero-order valence-electron chi connectivity index (χ0n) is 12.3. The van der Waals surface area contributed by atoms with Crippen LogP contribution >= 0.6 is 15.9 Å². The van der Waals surface area contributed by atoms with E-state index in [1.165, 1.54) is 6.07 Å². The molecule has 8 heteroatoms. The van der Waals surface area contributed by atoms with Gasteiger partial charge in [-0.05, 0) is 35.0 Å². The molecule has 0 saturated heterocycles. The van der Waals surface area contributed by atoms with Crippen molar-refractivity contribution in [3.05, 3.63) is 56.8 Å². The minimum Gasteiger partial charge on any atom is -0.478 e. The molecule has 0 spiro atoms. The predicted octanol–water partition coefficient (Wildman–Crippen LogP) is 3.55. The first kappa shape index (κ1) is 15.4. The summed E-state index contributed by atoms with van der Waals surface area (Å²) >= 11 is 3.31. The van der Waals surface area contributed by atoms with Crippen molar-refractivity contribution < 1.29 is 9.66 Å². The Labute approximate surface area is 140 Å². The summed E-state index contributed by atoms with van der Waals surface area (Å²) in [7, 11) is 0. The van der Waals surface area contributed by atoms with E-state index in [1.807, 2.05) is 19.1 Å². The Morgan fingerprint density at radius 3 is 2.83 bits per heavy atom. The molecule has 118 valence electrons. The lowest BCUT2D eigenvalue weighted by Gasteiger charge is -2.06. The van der Waals surface area contributed by atoms with Crippen molar-refractivity contribution in [3.8, 4) is 5.88 Å². The molecule has 0 radical (unpaired) electrons. The van der Waals surface area contributed by atoms with E-state index in [9.17, 15) is 10.1 Å². The Morgan fingerprint density at radius 2 is 2.09 bits per heavy atom. The number of pyridine rings is 1. The molecule has 0 bridgehead atoms. The molecule has 0 aliphatic heterocycles. The monoisotopic (exact) mass is 376 g/mol. The van der Waals surface area contributed by atoms with Crippen molar-refractivity contribution in [2.75, 3.05) is 6.61 Å². The van der Waals surface area contributed by atoms with E-state index in [4.69, 9.17) is 4.74 Å². The van der Waals surface area contributed by atoms with E-state index >= 15 is 0 Å². The number of rotatable bonds is 5. The number of ether oxygens (including phenoxy) is 1. The second-order valence-electron chi connectivity index (χ2n) is 4.78. The highest BCUT2D eigenvalue weighted by Gasteiger charge is 2.19. The first-order valence-electron chi connectivity index (χ1n) is 6.98. The third-order valence-corrected chi connectivity index (χ3v) is 3.85. The minimum atomic E-state index is -0.410. The van der Waals surface area contributed by atoms with Crippen molar-refractivity contribution in [2.24, 2.45) is 0 Å². The van der Waals surface area contributed by atoms with Gasteiger partial charge < -0.3 is 4.74 Å². The molecule has 0 amide bonds. The summed E-state index contributed by atoms with van der Waals surface area (Å²) in [6.45, 7) is 2.83. The summed E-state index contributed by atoms with van der Waals surface area (Å²) in [5.74, 6) is 0.548. The van der Waals surface area contributed by atoms with Gasteiger partial charge in [-0.15, -0.1) is 0 Å². The van der Waals surface area contributed by atoms with E-state index in [1.54, 1.807) is 22.9 Å². The summed E-state index contributed by atoms with van der Waals surface area (Å²) in [5.41, 5.74) is 1.46. The van der Waals surface area contributed by atoms with Crippen LogP contribution in [0.4, 0.5) is 5.69 Å². The second-order valence-corrected chi connectivity index (χ2v) is 5.53. The highest BCUT2D eigenvalue weighted by atomic mass is 79.9. The van der Waals surface area contributed by atoms with Crippen LogP contribution in [0.1, 0.15) is 12.6 Å². The van der Waals surface area contributed by atoms with Crippen LogP contribution in [0.2, 0.25) is 0 Å². The van der Waals surface area contributed by atoms with Crippen molar-refractivity contribution >= 4 is 32.5 Å². The predicted molar refractivity (Wildman–Crippen MR) is 88.6 cm³/mol. The maximum Gasteiger partial charge on any atom is 0.281 e. The lowest BCUT2D eigenvalue weighted by atomic mass is 10.2. The summed E-state index contributed by atoms with van der Waals surface area (Å²) in [5, 5.41) is 16.0. The summed E-state index contributed by atoms with van der Waals surface area (Å²) in [4.78, 5) is 15.2. The average molecular weight is 377 g/mol. The number of nitrogens with zero attached hydrogens (tertiary/aromatic N) is 4. The fourth-order valence-corrected chi connectivity index (χ4v) is 2.96. The largest absolute Gasteiger partial charge is 0.478 e. The Hall–Kier alpha value is -2.48. The topological polar surface area (TPSA) is 83.1 Å². The van der Waals surface area contributed by atoms with Gasteiger partial charge in [-0.25, -0.2) is 4.98 Å². The highest BCUT2D eigenvalue weighted by Crippen LogP contribution is 2.32. The van der Waals surface area contributed by atoms with Crippen molar-refractivity contribution in [3.63, 3.8) is 0 Å². The van der Waals surface area contributed by atoms with E-state index in [2.05, 4.69) is 26.0 Å². The Bertz CT molecular complexity index is 878. The first-order chi connectivity index (χ1) is 11.1. The van der Waals surface area contributed by atoms with Gasteiger partial charge in [-0.2, -0.15) is 5.10 Å². The van der Waals surface area contributed by atoms with Crippen LogP contribution in [0.5, 0.6) is 5.88 Å². The normalized spacial score (nSPS) is 10.9. The van der Waals surface area contributed by atoms with Crippen LogP contribution in [-0.4, -0.2) is 26.3 Å². The number of nitro benzene ring substituents is 1. The van der Waals surface area contributed by atoms with Crippen LogP contribution in [-0.2, 0) is 6.54 Å². The number of non-ortho nitro benzene ring substituents is 1. The van der Waals surface area contributed by atoms with Gasteiger partial charge in [0.15, 0.2) is 0 Å². The SMILES string of the molecule is CCOc1cccc(Cn2nc(Br)c3c([N+](=O)[O-])cccc32)n1. The third kappa shape index (κ3) is 3.02.